The van der Waals surface area contributed by atoms with Gasteiger partial charge in [0.25, 0.3) is 6.29 Å². The highest BCUT2D eigenvalue weighted by atomic mass is 35.5. The largest absolute Gasteiger partial charge is 0.508 e. The first-order chi connectivity index (χ1) is 64.7. The Morgan fingerprint density at radius 2 is 1.06 bits per heavy atom. The molecule has 7 aromatic carbocycles. The number of aliphatic carboxylic acids is 1. The van der Waals surface area contributed by atoms with Gasteiger partial charge in [-0.2, -0.15) is 0 Å². The Balaban J connectivity index is 0.959. The van der Waals surface area contributed by atoms with Crippen LogP contribution in [0, 0.1) is 0 Å². The van der Waals surface area contributed by atoms with E-state index in [0.717, 1.165) is 72.8 Å². The molecule has 10 heterocycles. The van der Waals surface area contributed by atoms with Crippen molar-refractivity contribution in [2.75, 3.05) is 20.3 Å². The summed E-state index contributed by atoms with van der Waals surface area (Å²) in [6.45, 7) is 2.20. The first-order valence-electron chi connectivity index (χ1n) is 42.7. The third-order valence-electron chi connectivity index (χ3n) is 24.5. The number of aromatic hydroxyl groups is 4. The number of ether oxygens (including phenoxy) is 12. The molecule has 0 spiro atoms. The molecule has 136 heavy (non-hydrogen) atoms. The van der Waals surface area contributed by atoms with Gasteiger partial charge in [-0.3, -0.25) is 28.8 Å². The summed E-state index contributed by atoms with van der Waals surface area (Å²) in [5.74, 6) is -18.1. The smallest absolute Gasteiger partial charge is 0.330 e. The monoisotopic (exact) mass is 1940 g/mol. The standard InChI is InChI=1S/C89H99Cl2N9O36/c1-30-66(107)46(92)26-56(125-30)133-77-37-11-18-51(45(91)21-37)130-53-23-38-22-52(78(53)136-89-79(73(114)70(111)55(29-102)132-89)134-57-27-47(93)67(108)31(2)126-57)128-40-14-7-34(8-15-40)76(135-88-75(116)72(113)69(110)54(28-101)131-88)64(99-80(117)59(94-4)33-5-12-41(13-6-33)129-87-74(115)71(112)68(109)32(3)127-87)84(121)96-61(36-10-17-49(105)44(90)20-36)81(118)97-62(38)83(120)95-60-35-9-16-48(104)42(19-35)58-43(24-39(103)25-50(58)106)63(86(123)124)98-85(122)65(77)100-82(60)119/h5-25,30-32,46-47,54-57,59-70,72-73,75-77,79,87-89,94,101-116H,26-29,92-93H2,1-4H3,(H,95,120)(H,96,121)(H,97,118)(H,98,122)(H,99,117)(H,100,119)(H,123,124)/t30-,31+,32+,46+,47-,54+,55+,56-,57+,59+,60?,61?,62?,63-,64+,65-,66-,67+,68+,69+,70+,72-,73-,75-,76+,77+,79?,87+,88?,89?/m0/s1. The Bertz CT molecular complexity index is 5650. The molecule has 730 valence electrons. The van der Waals surface area contributed by atoms with Crippen molar-refractivity contribution >= 4 is 64.6 Å². The van der Waals surface area contributed by atoms with Crippen molar-refractivity contribution in [3.63, 3.8) is 0 Å². The van der Waals surface area contributed by atoms with Crippen molar-refractivity contribution in [2.24, 2.45) is 11.5 Å². The van der Waals surface area contributed by atoms with Gasteiger partial charge in [-0.25, -0.2) is 4.79 Å². The molecule has 30 atom stereocenters. The van der Waals surface area contributed by atoms with Crippen LogP contribution in [0.4, 0.5) is 0 Å². The molecule has 6 amide bonds. The Hall–Kier alpha value is -11.7. The number of aliphatic hydroxyl groups is 12. The van der Waals surface area contributed by atoms with E-state index in [1.165, 1.54) is 82.4 Å². The number of likely N-dealkylation sites (N-methyl/N-ethyl adjacent to an activating group) is 1. The number of hydrogen-bond acceptors (Lipinski definition) is 38. The van der Waals surface area contributed by atoms with Crippen molar-refractivity contribution in [1.29, 1.82) is 0 Å². The molecule has 11 bridgehead atoms. The minimum atomic E-state index is -2.50. The van der Waals surface area contributed by atoms with Crippen molar-refractivity contribution in [3.8, 4) is 68.6 Å². The van der Waals surface area contributed by atoms with E-state index in [-0.39, 0.29) is 46.6 Å². The molecule has 28 N–H and O–H groups in total. The van der Waals surface area contributed by atoms with Gasteiger partial charge >= 0.3 is 5.97 Å². The predicted molar refractivity (Wildman–Crippen MR) is 462 cm³/mol. The molecular weight excluding hydrogens is 1840 g/mol. The van der Waals surface area contributed by atoms with Crippen molar-refractivity contribution < 1.29 is 177 Å². The minimum absolute atomic E-state index is 0.0403. The quantitative estimate of drug-likeness (QED) is 0.0526. The van der Waals surface area contributed by atoms with Crippen molar-refractivity contribution in [1.82, 2.24) is 37.2 Å². The van der Waals surface area contributed by atoms with E-state index in [4.69, 9.17) is 91.5 Å². The average molecular weight is 1940 g/mol. The molecule has 17 rings (SSSR count). The van der Waals surface area contributed by atoms with Gasteiger partial charge in [-0.1, -0.05) is 65.7 Å². The van der Waals surface area contributed by atoms with Crippen LogP contribution in [0.2, 0.25) is 10.0 Å². The highest BCUT2D eigenvalue weighted by Crippen LogP contribution is 2.51. The van der Waals surface area contributed by atoms with Gasteiger partial charge in [0.1, 0.15) is 138 Å². The number of aliphatic hydroxyl groups excluding tert-OH is 12. The van der Waals surface area contributed by atoms with Crippen molar-refractivity contribution in [3.05, 3.63) is 188 Å². The number of phenolic OH excluding ortho intramolecular Hbond substituents is 4. The fourth-order valence-electron chi connectivity index (χ4n) is 17.0. The number of halogens is 2. The maximum Gasteiger partial charge on any atom is 0.330 e. The van der Waals surface area contributed by atoms with E-state index in [0.29, 0.717) is 0 Å². The van der Waals surface area contributed by atoms with Gasteiger partial charge in [0.15, 0.2) is 48.3 Å². The number of carbonyl (C=O) groups is 7. The number of nitrogens with one attached hydrogen (secondary N) is 7. The number of nitrogens with two attached hydrogens (primary N) is 2. The zero-order valence-electron chi connectivity index (χ0n) is 72.0. The molecule has 7 aromatic rings. The molecule has 0 aromatic heterocycles. The summed E-state index contributed by atoms with van der Waals surface area (Å²) in [7, 11) is 1.32. The Labute approximate surface area is 780 Å². The van der Waals surface area contributed by atoms with Crippen LogP contribution in [-0.4, -0.2) is 290 Å². The second kappa shape index (κ2) is 40.9. The first-order valence-corrected chi connectivity index (χ1v) is 43.4. The summed E-state index contributed by atoms with van der Waals surface area (Å²) in [6.07, 6.45) is -37.3. The summed E-state index contributed by atoms with van der Waals surface area (Å²) < 4.78 is 75.9. The molecule has 45 nitrogen and oxygen atoms in total. The van der Waals surface area contributed by atoms with E-state index in [9.17, 15) is 91.6 Å². The lowest BCUT2D eigenvalue weighted by atomic mass is 9.89. The maximum absolute atomic E-state index is 16.9. The van der Waals surface area contributed by atoms with Gasteiger partial charge in [0.2, 0.25) is 53.2 Å². The Morgan fingerprint density at radius 3 is 1.66 bits per heavy atom. The number of amides is 6. The summed E-state index contributed by atoms with van der Waals surface area (Å²) >= 11 is 14.1. The number of phenols is 4. The molecule has 10 aliphatic rings. The van der Waals surface area contributed by atoms with Gasteiger partial charge < -0.3 is 192 Å². The van der Waals surface area contributed by atoms with Crippen LogP contribution in [0.3, 0.4) is 0 Å². The van der Waals surface area contributed by atoms with E-state index < -0.39 is 333 Å². The third kappa shape index (κ3) is 20.4. The number of fused-ring (bicyclic) bond motifs is 15. The number of carboxylic acids is 1. The lowest BCUT2D eigenvalue weighted by Gasteiger charge is -2.44. The molecule has 6 unspecified atom stereocenters. The average Bonchev–Trinajstić information content (AvgIpc) is 0.757. The summed E-state index contributed by atoms with van der Waals surface area (Å²) in [5, 5.41) is 208. The van der Waals surface area contributed by atoms with Gasteiger partial charge in [0, 0.05) is 47.7 Å². The number of hydrogen-bond donors (Lipinski definition) is 26. The van der Waals surface area contributed by atoms with Gasteiger partial charge in [-0.05, 0) is 140 Å². The molecule has 4 fully saturated rings. The fourth-order valence-corrected chi connectivity index (χ4v) is 17.4. The zero-order chi connectivity index (χ0) is 97.8. The van der Waals surface area contributed by atoms with Crippen LogP contribution >= 0.6 is 23.2 Å². The Kier molecular flexibility index (Phi) is 29.7. The summed E-state index contributed by atoms with van der Waals surface area (Å²) in [6, 6.07) is 5.42. The molecule has 0 saturated carbocycles. The van der Waals surface area contributed by atoms with Crippen LogP contribution in [0.25, 0.3) is 11.1 Å². The minimum Gasteiger partial charge on any atom is -0.508 e. The first kappa shape index (κ1) is 98.8. The number of rotatable bonds is 18. The summed E-state index contributed by atoms with van der Waals surface area (Å²) in [5.41, 5.74) is 9.45. The molecule has 0 radical (unpaired) electrons. The normalized spacial score (nSPS) is 32.9. The van der Waals surface area contributed by atoms with Crippen LogP contribution in [0.1, 0.15) is 115 Å². The highest BCUT2D eigenvalue weighted by molar-refractivity contribution is 6.32. The second-order valence-corrected chi connectivity index (χ2v) is 34.5. The predicted octanol–water partition coefficient (Wildman–Crippen LogP) is -0.271. The second-order valence-electron chi connectivity index (χ2n) is 33.7. The lowest BCUT2D eigenvalue weighted by molar-refractivity contribution is -0.330. The molecule has 47 heteroatoms. The van der Waals surface area contributed by atoms with E-state index in [2.05, 4.69) is 37.2 Å². The van der Waals surface area contributed by atoms with Crippen LogP contribution in [-0.2, 0) is 71.5 Å². The van der Waals surface area contributed by atoms with Crippen LogP contribution < -0.4 is 67.6 Å². The van der Waals surface area contributed by atoms with Crippen molar-refractivity contribution in [2.45, 2.75) is 217 Å². The summed E-state index contributed by atoms with van der Waals surface area (Å²) in [4.78, 5) is 112. The molecule has 10 aliphatic heterocycles. The van der Waals surface area contributed by atoms with E-state index >= 15 is 28.8 Å². The Morgan fingerprint density at radius 1 is 0.500 bits per heavy atom. The highest BCUT2D eigenvalue weighted by Gasteiger charge is 2.53. The molecule has 0 aliphatic carbocycles. The SMILES string of the molecule is CN[C@@H](C(=O)N[C@H]1C(=O)NC(c2ccc(O)c(Cl)c2)C(=O)NC2C(=O)NC3C(=O)N[C@H](C(=O)N[C@H](C(=O)O)c4cc(O)cc(O)c4-c4cc3ccc4O)[C@H](O[C@H]3C[C@@H](N)[C@@H](O)[C@H](C)O3)c3ccc(c(Cl)c3)Oc3cc2cc(c3OC2O[C@H](CO)[C@@H](O)[C@H](O)C2O[C@@H]2C[C@H](N)[C@H](O)[C@@H](C)O2)Oc2ccc(cc2)[C@H]1OC1O[C@H](CO)[C@@H](O)[C@H](O)[C@@H]1O)c1ccc(O[C@H]2O[C@H](C)[C@@H](O)C(O)=C2O)cc1. The van der Waals surface area contributed by atoms with Gasteiger partial charge in [-0.15, -0.1) is 0 Å². The van der Waals surface area contributed by atoms with E-state index in [1.807, 2.05) is 0 Å². The number of carboxylic acid groups (broad SMARTS) is 1. The van der Waals surface area contributed by atoms with Crippen LogP contribution in [0.5, 0.6) is 57.5 Å². The topological polar surface area (TPSA) is 710 Å². The lowest BCUT2D eigenvalue weighted by Crippen LogP contribution is -2.62. The number of benzene rings is 7. The molecular formula is C89H99Cl2N9O36. The van der Waals surface area contributed by atoms with Gasteiger partial charge in [0.05, 0.1) is 53.8 Å². The maximum atomic E-state index is 16.9. The van der Waals surface area contributed by atoms with Crippen LogP contribution in [0.15, 0.2) is 139 Å². The fraction of sp³-hybridized carbons (Fsp3) is 0.427. The number of carbonyl (C=O) groups excluding carboxylic acids is 6. The molecule has 4 saturated heterocycles. The third-order valence-corrected chi connectivity index (χ3v) is 25.1. The zero-order valence-corrected chi connectivity index (χ0v) is 73.6. The van der Waals surface area contributed by atoms with E-state index in [1.54, 1.807) is 0 Å².